The Labute approximate surface area is 183 Å². The molecule has 0 spiro atoms. The highest BCUT2D eigenvalue weighted by molar-refractivity contribution is 7.17. The standard InChI is InChI=1S/C22H24N4O4S/c1-22(2)8-16-19(20(27)25-22)31-21(24-16)26-3-4-28-10-13(26)5-12-9-23-15-7-18-17(6-14(12)15)29-11-30-18/h6-7,9,13,23H,3-5,8,10-11H2,1-2H3,(H,25,27)/t13-/m0/s1. The molecule has 0 bridgehead atoms. The highest BCUT2D eigenvalue weighted by atomic mass is 32.1. The second kappa shape index (κ2) is 6.86. The van der Waals surface area contributed by atoms with Crippen LogP contribution in [0.2, 0.25) is 0 Å². The van der Waals surface area contributed by atoms with Crippen molar-refractivity contribution in [1.82, 2.24) is 15.3 Å². The van der Waals surface area contributed by atoms with E-state index >= 15 is 0 Å². The molecule has 1 amide bonds. The van der Waals surface area contributed by atoms with Crippen LogP contribution < -0.4 is 19.7 Å². The summed E-state index contributed by atoms with van der Waals surface area (Å²) in [5, 5.41) is 5.12. The number of fused-ring (bicyclic) bond motifs is 3. The summed E-state index contributed by atoms with van der Waals surface area (Å²) in [6.45, 7) is 6.38. The molecule has 1 fully saturated rings. The molecule has 0 aliphatic carbocycles. The zero-order valence-electron chi connectivity index (χ0n) is 17.5. The van der Waals surface area contributed by atoms with Crippen molar-refractivity contribution in [2.75, 3.05) is 31.5 Å². The van der Waals surface area contributed by atoms with Crippen LogP contribution in [0.4, 0.5) is 5.13 Å². The number of nitrogens with one attached hydrogen (secondary N) is 2. The number of hydrogen-bond donors (Lipinski definition) is 2. The predicted octanol–water partition coefficient (Wildman–Crippen LogP) is 2.87. The minimum atomic E-state index is -0.268. The first-order valence-electron chi connectivity index (χ1n) is 10.5. The van der Waals surface area contributed by atoms with Gasteiger partial charge in [0.25, 0.3) is 5.91 Å². The van der Waals surface area contributed by atoms with E-state index in [0.29, 0.717) is 13.2 Å². The number of aromatic nitrogens is 2. The Balaban J connectivity index is 1.31. The second-order valence-electron chi connectivity index (χ2n) is 8.98. The monoisotopic (exact) mass is 440 g/mol. The summed E-state index contributed by atoms with van der Waals surface area (Å²) in [5.41, 5.74) is 2.87. The smallest absolute Gasteiger partial charge is 0.263 e. The Hall–Kier alpha value is -2.78. The highest BCUT2D eigenvalue weighted by Crippen LogP contribution is 2.38. The second-order valence-corrected chi connectivity index (χ2v) is 9.96. The van der Waals surface area contributed by atoms with Crippen molar-refractivity contribution < 1.29 is 19.0 Å². The van der Waals surface area contributed by atoms with Gasteiger partial charge >= 0.3 is 0 Å². The molecule has 0 saturated carbocycles. The highest BCUT2D eigenvalue weighted by Gasteiger charge is 2.35. The van der Waals surface area contributed by atoms with E-state index in [1.807, 2.05) is 26.0 Å². The number of nitrogens with zero attached hydrogens (tertiary/aromatic N) is 2. The van der Waals surface area contributed by atoms with Gasteiger partial charge in [-0.05, 0) is 31.9 Å². The van der Waals surface area contributed by atoms with Gasteiger partial charge in [-0.15, -0.1) is 0 Å². The molecule has 0 radical (unpaired) electrons. The molecule has 8 nitrogen and oxygen atoms in total. The number of hydrogen-bond acceptors (Lipinski definition) is 7. The summed E-state index contributed by atoms with van der Waals surface area (Å²) in [7, 11) is 0. The van der Waals surface area contributed by atoms with Crippen LogP contribution >= 0.6 is 11.3 Å². The van der Waals surface area contributed by atoms with Gasteiger partial charge in [0.05, 0.1) is 24.9 Å². The quantitative estimate of drug-likeness (QED) is 0.651. The van der Waals surface area contributed by atoms with Gasteiger partial charge in [0.1, 0.15) is 4.88 Å². The van der Waals surface area contributed by atoms with E-state index in [4.69, 9.17) is 19.2 Å². The van der Waals surface area contributed by atoms with Crippen LogP contribution in [0.15, 0.2) is 18.3 Å². The van der Waals surface area contributed by atoms with Crippen molar-refractivity contribution in [3.63, 3.8) is 0 Å². The zero-order valence-corrected chi connectivity index (χ0v) is 18.3. The average molecular weight is 441 g/mol. The number of aromatic amines is 1. The maximum atomic E-state index is 12.6. The first-order valence-corrected chi connectivity index (χ1v) is 11.3. The zero-order chi connectivity index (χ0) is 21.2. The molecule has 6 rings (SSSR count). The number of carbonyl (C=O) groups is 1. The van der Waals surface area contributed by atoms with Crippen LogP contribution in [0.5, 0.6) is 11.5 Å². The lowest BCUT2D eigenvalue weighted by atomic mass is 9.94. The van der Waals surface area contributed by atoms with Gasteiger partial charge in [-0.25, -0.2) is 4.98 Å². The third-order valence-electron chi connectivity index (χ3n) is 6.14. The van der Waals surface area contributed by atoms with E-state index in [1.165, 1.54) is 16.9 Å². The summed E-state index contributed by atoms with van der Waals surface area (Å²) in [6, 6.07) is 4.18. The van der Waals surface area contributed by atoms with E-state index in [0.717, 1.165) is 57.5 Å². The average Bonchev–Trinajstić information content (AvgIpc) is 3.44. The fraction of sp³-hybridized carbons (Fsp3) is 0.455. The molecular formula is C22H24N4O4S. The Morgan fingerprint density at radius 3 is 3.00 bits per heavy atom. The van der Waals surface area contributed by atoms with Crippen molar-refractivity contribution in [2.45, 2.75) is 38.3 Å². The van der Waals surface area contributed by atoms with Gasteiger partial charge in [-0.1, -0.05) is 11.3 Å². The third kappa shape index (κ3) is 3.23. The van der Waals surface area contributed by atoms with Gasteiger partial charge in [-0.3, -0.25) is 4.79 Å². The van der Waals surface area contributed by atoms with Crippen molar-refractivity contribution in [3.05, 3.63) is 34.5 Å². The summed E-state index contributed by atoms with van der Waals surface area (Å²) in [5.74, 6) is 1.54. The molecule has 31 heavy (non-hydrogen) atoms. The molecule has 1 atom stereocenters. The summed E-state index contributed by atoms with van der Waals surface area (Å²) < 4.78 is 16.9. The van der Waals surface area contributed by atoms with Gasteiger partial charge in [0.15, 0.2) is 16.6 Å². The molecule has 3 aromatic rings. The largest absolute Gasteiger partial charge is 0.454 e. The number of rotatable bonds is 3. The number of H-pyrrole nitrogens is 1. The molecule has 162 valence electrons. The van der Waals surface area contributed by atoms with Gasteiger partial charge < -0.3 is 29.4 Å². The number of ether oxygens (including phenoxy) is 3. The number of amides is 1. The molecular weight excluding hydrogens is 416 g/mol. The van der Waals surface area contributed by atoms with Crippen molar-refractivity contribution >= 4 is 33.3 Å². The van der Waals surface area contributed by atoms with Crippen LogP contribution in [-0.2, 0) is 17.6 Å². The maximum absolute atomic E-state index is 12.6. The SMILES string of the molecule is CC1(C)Cc2nc(N3CCOC[C@@H]3Cc3c[nH]c4cc5c(cc34)OCO5)sc2C(=O)N1. The van der Waals surface area contributed by atoms with Crippen LogP contribution in [0.1, 0.15) is 34.8 Å². The van der Waals surface area contributed by atoms with E-state index < -0.39 is 0 Å². The van der Waals surface area contributed by atoms with Gasteiger partial charge in [-0.2, -0.15) is 0 Å². The van der Waals surface area contributed by atoms with Crippen LogP contribution in [0.3, 0.4) is 0 Å². The Kier molecular flexibility index (Phi) is 4.19. The Bertz CT molecular complexity index is 1180. The number of thiazole rings is 1. The van der Waals surface area contributed by atoms with Gasteiger partial charge in [0, 0.05) is 41.7 Å². The predicted molar refractivity (Wildman–Crippen MR) is 117 cm³/mol. The molecule has 5 heterocycles. The number of carbonyl (C=O) groups excluding carboxylic acids is 1. The van der Waals surface area contributed by atoms with Crippen molar-refractivity contribution in [1.29, 1.82) is 0 Å². The number of anilines is 1. The lowest BCUT2D eigenvalue weighted by Gasteiger charge is -2.35. The lowest BCUT2D eigenvalue weighted by Crippen LogP contribution is -2.48. The van der Waals surface area contributed by atoms with Gasteiger partial charge in [0.2, 0.25) is 6.79 Å². The molecule has 2 N–H and O–H groups in total. The van der Waals surface area contributed by atoms with Crippen molar-refractivity contribution in [3.8, 4) is 11.5 Å². The summed E-state index contributed by atoms with van der Waals surface area (Å²) >= 11 is 1.49. The fourth-order valence-electron chi connectivity index (χ4n) is 4.65. The normalized spacial score (nSPS) is 21.9. The summed E-state index contributed by atoms with van der Waals surface area (Å²) in [6.07, 6.45) is 3.60. The molecule has 2 aromatic heterocycles. The topological polar surface area (TPSA) is 88.7 Å². The van der Waals surface area contributed by atoms with E-state index in [1.54, 1.807) is 0 Å². The third-order valence-corrected chi connectivity index (χ3v) is 7.28. The number of benzene rings is 1. The molecule has 9 heteroatoms. The van der Waals surface area contributed by atoms with Crippen LogP contribution in [0.25, 0.3) is 10.9 Å². The molecule has 0 unspecified atom stereocenters. The van der Waals surface area contributed by atoms with Crippen molar-refractivity contribution in [2.24, 2.45) is 0 Å². The first kappa shape index (κ1) is 18.9. The molecule has 1 aromatic carbocycles. The minimum Gasteiger partial charge on any atom is -0.454 e. The molecule has 1 saturated heterocycles. The first-order chi connectivity index (χ1) is 15.0. The van der Waals surface area contributed by atoms with E-state index in [-0.39, 0.29) is 24.3 Å². The lowest BCUT2D eigenvalue weighted by molar-refractivity contribution is 0.0900. The number of morpholine rings is 1. The van der Waals surface area contributed by atoms with Crippen LogP contribution in [-0.4, -0.2) is 54.0 Å². The Morgan fingerprint density at radius 1 is 1.29 bits per heavy atom. The van der Waals surface area contributed by atoms with E-state index in [9.17, 15) is 4.79 Å². The molecule has 3 aliphatic rings. The molecule has 3 aliphatic heterocycles. The summed E-state index contributed by atoms with van der Waals surface area (Å²) in [4.78, 5) is 23.9. The van der Waals surface area contributed by atoms with Crippen LogP contribution in [0, 0.1) is 0 Å². The van der Waals surface area contributed by atoms with E-state index in [2.05, 4.69) is 21.4 Å². The maximum Gasteiger partial charge on any atom is 0.263 e. The minimum absolute atomic E-state index is 0.0208. The fourth-order valence-corrected chi connectivity index (χ4v) is 5.73. The Morgan fingerprint density at radius 2 is 2.13 bits per heavy atom.